The monoisotopic (exact) mass is 434 g/mol. The molecule has 3 heterocycles. The van der Waals surface area contributed by atoms with E-state index < -0.39 is 6.04 Å². The summed E-state index contributed by atoms with van der Waals surface area (Å²) in [6.07, 6.45) is 1.84. The maximum atomic E-state index is 13.7. The molecule has 0 unspecified atom stereocenters. The zero-order valence-electron chi connectivity index (χ0n) is 17.7. The van der Waals surface area contributed by atoms with Crippen molar-refractivity contribution in [2.75, 3.05) is 13.1 Å². The Labute approximate surface area is 184 Å². The average molecular weight is 434 g/mol. The van der Waals surface area contributed by atoms with Crippen molar-refractivity contribution in [2.45, 2.75) is 38.1 Å². The van der Waals surface area contributed by atoms with Crippen molar-refractivity contribution in [3.63, 3.8) is 0 Å². The van der Waals surface area contributed by atoms with Gasteiger partial charge in [-0.1, -0.05) is 24.3 Å². The van der Waals surface area contributed by atoms with Crippen LogP contribution in [0.15, 0.2) is 52.9 Å². The summed E-state index contributed by atoms with van der Waals surface area (Å²) >= 11 is 0. The van der Waals surface area contributed by atoms with Crippen molar-refractivity contribution in [1.29, 1.82) is 0 Å². The number of carbonyl (C=O) groups is 1. The molecule has 2 aromatic carbocycles. The van der Waals surface area contributed by atoms with E-state index in [0.29, 0.717) is 25.3 Å². The number of fused-ring (bicyclic) bond motifs is 1. The van der Waals surface area contributed by atoms with Crippen molar-refractivity contribution in [3.05, 3.63) is 71.6 Å². The van der Waals surface area contributed by atoms with Crippen molar-refractivity contribution in [1.82, 2.24) is 30.1 Å². The molecule has 9 heteroatoms. The van der Waals surface area contributed by atoms with Gasteiger partial charge >= 0.3 is 0 Å². The number of rotatable bonds is 5. The molecule has 164 valence electrons. The fraction of sp³-hybridized carbons (Fsp3) is 0.348. The summed E-state index contributed by atoms with van der Waals surface area (Å²) in [5, 5.41) is 11.7. The third-order valence-electron chi connectivity index (χ3n) is 6.02. The number of carbonyl (C=O) groups excluding carboxylic acids is 1. The van der Waals surface area contributed by atoms with Gasteiger partial charge in [0.2, 0.25) is 5.91 Å². The van der Waals surface area contributed by atoms with Gasteiger partial charge in [-0.2, -0.15) is 0 Å². The van der Waals surface area contributed by atoms with E-state index in [1.165, 1.54) is 16.8 Å². The Morgan fingerprint density at radius 3 is 2.72 bits per heavy atom. The quantitative estimate of drug-likeness (QED) is 0.478. The van der Waals surface area contributed by atoms with Gasteiger partial charge in [0.25, 0.3) is 0 Å². The number of aryl methyl sites for hydroxylation is 1. The molecule has 2 aromatic heterocycles. The van der Waals surface area contributed by atoms with Crippen LogP contribution in [0.3, 0.4) is 0 Å². The van der Waals surface area contributed by atoms with Gasteiger partial charge in [-0.25, -0.2) is 14.1 Å². The zero-order chi connectivity index (χ0) is 22.1. The van der Waals surface area contributed by atoms with E-state index in [1.807, 2.05) is 35.2 Å². The lowest BCUT2D eigenvalue weighted by molar-refractivity contribution is -0.136. The molecular weight excluding hydrogens is 411 g/mol. The summed E-state index contributed by atoms with van der Waals surface area (Å²) in [6.45, 7) is 2.93. The number of para-hydroxylation sites is 2. The van der Waals surface area contributed by atoms with Gasteiger partial charge < -0.3 is 9.32 Å². The highest BCUT2D eigenvalue weighted by Gasteiger charge is 2.33. The van der Waals surface area contributed by atoms with Crippen LogP contribution in [0.5, 0.6) is 0 Å². The molecule has 0 N–H and O–H groups in total. The molecule has 0 aliphatic carbocycles. The van der Waals surface area contributed by atoms with Gasteiger partial charge in [-0.05, 0) is 60.0 Å². The SMILES string of the molecule is Cc1nnnn1[C@@H](Cc1cccc(F)c1)C(=O)N1CCC(c2nc3ccccc3o2)CC1. The van der Waals surface area contributed by atoms with E-state index in [4.69, 9.17) is 4.42 Å². The van der Waals surface area contributed by atoms with E-state index in [2.05, 4.69) is 20.5 Å². The number of aromatic nitrogens is 5. The summed E-state index contributed by atoms with van der Waals surface area (Å²) in [4.78, 5) is 20.0. The minimum absolute atomic E-state index is 0.0688. The van der Waals surface area contributed by atoms with Crippen LogP contribution in [0.4, 0.5) is 4.39 Å². The fourth-order valence-electron chi connectivity index (χ4n) is 4.31. The fourth-order valence-corrected chi connectivity index (χ4v) is 4.31. The van der Waals surface area contributed by atoms with Crippen LogP contribution in [0, 0.1) is 12.7 Å². The Bertz CT molecular complexity index is 1210. The summed E-state index contributed by atoms with van der Waals surface area (Å²) in [7, 11) is 0. The average Bonchev–Trinajstić information content (AvgIpc) is 3.43. The number of likely N-dealkylation sites (tertiary alicyclic amines) is 1. The zero-order valence-corrected chi connectivity index (χ0v) is 17.7. The van der Waals surface area contributed by atoms with Crippen LogP contribution >= 0.6 is 0 Å². The van der Waals surface area contributed by atoms with Crippen molar-refractivity contribution >= 4 is 17.0 Å². The predicted molar refractivity (Wildman–Crippen MR) is 114 cm³/mol. The first-order valence-corrected chi connectivity index (χ1v) is 10.7. The topological polar surface area (TPSA) is 89.9 Å². The number of halogens is 1. The van der Waals surface area contributed by atoms with E-state index >= 15 is 0 Å². The standard InChI is InChI=1S/C23H23FN6O2/c1-15-26-27-28-30(15)20(14-16-5-4-6-18(24)13-16)23(31)29-11-9-17(10-12-29)22-25-19-7-2-3-8-21(19)32-22/h2-8,13,17,20H,9-12,14H2,1H3/t20-/m0/s1. The summed E-state index contributed by atoms with van der Waals surface area (Å²) in [5.41, 5.74) is 2.36. The minimum Gasteiger partial charge on any atom is -0.440 e. The summed E-state index contributed by atoms with van der Waals surface area (Å²) in [6, 6.07) is 13.4. The molecule has 4 aromatic rings. The molecule has 1 aliphatic heterocycles. The largest absolute Gasteiger partial charge is 0.440 e. The first-order chi connectivity index (χ1) is 15.6. The van der Waals surface area contributed by atoms with E-state index in [1.54, 1.807) is 13.0 Å². The van der Waals surface area contributed by atoms with Gasteiger partial charge in [-0.15, -0.1) is 5.10 Å². The number of oxazole rings is 1. The molecule has 1 saturated heterocycles. The van der Waals surface area contributed by atoms with E-state index in [9.17, 15) is 9.18 Å². The minimum atomic E-state index is -0.632. The Balaban J connectivity index is 1.32. The lowest BCUT2D eigenvalue weighted by Gasteiger charge is -2.33. The van der Waals surface area contributed by atoms with Crippen LogP contribution < -0.4 is 0 Å². The number of hydrogen-bond donors (Lipinski definition) is 0. The van der Waals surface area contributed by atoms with Crippen molar-refractivity contribution < 1.29 is 13.6 Å². The lowest BCUT2D eigenvalue weighted by Crippen LogP contribution is -2.43. The Morgan fingerprint density at radius 1 is 1.19 bits per heavy atom. The molecule has 0 saturated carbocycles. The Morgan fingerprint density at radius 2 is 2.00 bits per heavy atom. The molecule has 1 atom stereocenters. The molecular formula is C23H23FN6O2. The van der Waals surface area contributed by atoms with Gasteiger partial charge in [-0.3, -0.25) is 4.79 Å². The molecule has 8 nitrogen and oxygen atoms in total. The van der Waals surface area contributed by atoms with Gasteiger partial charge in [0.15, 0.2) is 11.5 Å². The molecule has 0 radical (unpaired) electrons. The summed E-state index contributed by atoms with van der Waals surface area (Å²) < 4.78 is 21.2. The molecule has 0 bridgehead atoms. The van der Waals surface area contributed by atoms with Gasteiger partial charge in [0, 0.05) is 25.4 Å². The van der Waals surface area contributed by atoms with E-state index in [0.717, 1.165) is 35.4 Å². The lowest BCUT2D eigenvalue weighted by atomic mass is 9.95. The molecule has 0 spiro atoms. The van der Waals surface area contributed by atoms with Gasteiger partial charge in [0.1, 0.15) is 23.2 Å². The van der Waals surface area contributed by atoms with Crippen LogP contribution in [0.25, 0.3) is 11.1 Å². The van der Waals surface area contributed by atoms with Crippen molar-refractivity contribution in [2.24, 2.45) is 0 Å². The van der Waals surface area contributed by atoms with Crippen LogP contribution in [-0.4, -0.2) is 49.1 Å². The van der Waals surface area contributed by atoms with Crippen LogP contribution in [-0.2, 0) is 11.2 Å². The maximum Gasteiger partial charge on any atom is 0.247 e. The molecule has 5 rings (SSSR count). The number of piperidine rings is 1. The highest BCUT2D eigenvalue weighted by molar-refractivity contribution is 5.81. The number of amides is 1. The second-order valence-corrected chi connectivity index (χ2v) is 8.14. The number of nitrogens with zero attached hydrogens (tertiary/aromatic N) is 6. The second kappa shape index (κ2) is 8.49. The van der Waals surface area contributed by atoms with Crippen molar-refractivity contribution in [3.8, 4) is 0 Å². The first kappa shape index (κ1) is 20.3. The number of hydrogen-bond acceptors (Lipinski definition) is 6. The third-order valence-corrected chi connectivity index (χ3v) is 6.02. The normalized spacial score (nSPS) is 15.9. The molecule has 32 heavy (non-hydrogen) atoms. The van der Waals surface area contributed by atoms with Crippen LogP contribution in [0.1, 0.15) is 42.1 Å². The first-order valence-electron chi connectivity index (χ1n) is 10.7. The molecule has 1 fully saturated rings. The van der Waals surface area contributed by atoms with E-state index in [-0.39, 0.29) is 17.6 Å². The maximum absolute atomic E-state index is 13.7. The Kier molecular flexibility index (Phi) is 5.38. The second-order valence-electron chi connectivity index (χ2n) is 8.14. The highest BCUT2D eigenvalue weighted by atomic mass is 19.1. The smallest absolute Gasteiger partial charge is 0.247 e. The summed E-state index contributed by atoms with van der Waals surface area (Å²) in [5.74, 6) is 1.04. The Hall–Kier alpha value is -3.62. The highest BCUT2D eigenvalue weighted by Crippen LogP contribution is 2.31. The molecule has 1 aliphatic rings. The van der Waals surface area contributed by atoms with Crippen LogP contribution in [0.2, 0.25) is 0 Å². The molecule has 1 amide bonds. The number of benzene rings is 2. The predicted octanol–water partition coefficient (Wildman–Crippen LogP) is 3.45. The number of tetrazole rings is 1. The van der Waals surface area contributed by atoms with Gasteiger partial charge in [0.05, 0.1) is 0 Å². The third kappa shape index (κ3) is 3.98.